The predicted octanol–water partition coefficient (Wildman–Crippen LogP) is 2.90. The van der Waals surface area contributed by atoms with Crippen LogP contribution in [0.15, 0.2) is 24.5 Å². The summed E-state index contributed by atoms with van der Waals surface area (Å²) >= 11 is 0. The maximum absolute atomic E-state index is 12.4. The molecule has 1 amide bonds. The lowest BCUT2D eigenvalue weighted by Crippen LogP contribution is -2.32. The maximum Gasteiger partial charge on any atom is 0.223 e. The van der Waals surface area contributed by atoms with Gasteiger partial charge in [-0.1, -0.05) is 18.9 Å². The van der Waals surface area contributed by atoms with E-state index < -0.39 is 0 Å². The van der Waals surface area contributed by atoms with Gasteiger partial charge in [0.15, 0.2) is 0 Å². The van der Waals surface area contributed by atoms with Crippen molar-refractivity contribution in [3.63, 3.8) is 0 Å². The number of carbonyl (C=O) groups excluding carboxylic acids is 1. The summed E-state index contributed by atoms with van der Waals surface area (Å²) in [5.74, 6) is 0.719. The zero-order valence-corrected chi connectivity index (χ0v) is 11.8. The molecular weight excluding hydrogens is 250 g/mol. The minimum absolute atomic E-state index is 0.177. The van der Waals surface area contributed by atoms with Crippen LogP contribution in [-0.4, -0.2) is 22.3 Å². The van der Waals surface area contributed by atoms with Crippen molar-refractivity contribution in [2.45, 2.75) is 45.1 Å². The molecule has 0 saturated heterocycles. The molecular formula is C16H21N3O. The Kier molecular flexibility index (Phi) is 5.55. The van der Waals surface area contributed by atoms with Gasteiger partial charge in [-0.15, -0.1) is 0 Å². The molecule has 106 valence electrons. The van der Waals surface area contributed by atoms with Gasteiger partial charge in [-0.05, 0) is 30.4 Å². The summed E-state index contributed by atoms with van der Waals surface area (Å²) in [7, 11) is 0. The maximum atomic E-state index is 12.4. The summed E-state index contributed by atoms with van der Waals surface area (Å²) in [6.45, 7) is 1.07. The number of amides is 1. The number of pyridine rings is 1. The van der Waals surface area contributed by atoms with Crippen molar-refractivity contribution in [2.75, 3.05) is 6.54 Å². The molecule has 0 spiro atoms. The van der Waals surface area contributed by atoms with Crippen molar-refractivity contribution in [3.8, 4) is 6.07 Å². The number of rotatable bonds is 6. The molecule has 1 aliphatic rings. The van der Waals surface area contributed by atoms with Crippen molar-refractivity contribution >= 4 is 5.91 Å². The summed E-state index contributed by atoms with van der Waals surface area (Å²) in [5, 5.41) is 8.75. The quantitative estimate of drug-likeness (QED) is 0.799. The van der Waals surface area contributed by atoms with Crippen molar-refractivity contribution in [3.05, 3.63) is 30.1 Å². The number of hydrogen-bond acceptors (Lipinski definition) is 3. The third-order valence-corrected chi connectivity index (χ3v) is 3.88. The third-order valence-electron chi connectivity index (χ3n) is 3.88. The molecule has 1 fully saturated rings. The van der Waals surface area contributed by atoms with Gasteiger partial charge in [0.05, 0.1) is 12.5 Å². The predicted molar refractivity (Wildman–Crippen MR) is 76.5 cm³/mol. The lowest BCUT2D eigenvalue weighted by atomic mass is 10.0. The highest BCUT2D eigenvalue weighted by atomic mass is 16.2. The first-order valence-electron chi connectivity index (χ1n) is 7.33. The minimum Gasteiger partial charge on any atom is -0.337 e. The second-order valence-corrected chi connectivity index (χ2v) is 5.44. The largest absolute Gasteiger partial charge is 0.337 e. The Morgan fingerprint density at radius 3 is 2.90 bits per heavy atom. The first-order chi connectivity index (χ1) is 9.79. The fraction of sp³-hybridized carbons (Fsp3) is 0.562. The van der Waals surface area contributed by atoms with Crippen LogP contribution in [0.25, 0.3) is 0 Å². The molecule has 1 aromatic rings. The summed E-state index contributed by atoms with van der Waals surface area (Å²) in [6.07, 6.45) is 9.36. The highest BCUT2D eigenvalue weighted by molar-refractivity contribution is 5.76. The number of nitriles is 1. The van der Waals surface area contributed by atoms with Gasteiger partial charge in [0.2, 0.25) is 5.91 Å². The van der Waals surface area contributed by atoms with Gasteiger partial charge in [-0.3, -0.25) is 9.78 Å². The van der Waals surface area contributed by atoms with Gasteiger partial charge in [-0.2, -0.15) is 5.26 Å². The molecule has 0 aliphatic heterocycles. The van der Waals surface area contributed by atoms with Crippen molar-refractivity contribution in [1.29, 1.82) is 5.26 Å². The van der Waals surface area contributed by atoms with E-state index in [0.29, 0.717) is 31.8 Å². The summed E-state index contributed by atoms with van der Waals surface area (Å²) < 4.78 is 0. The van der Waals surface area contributed by atoms with Gasteiger partial charge in [-0.25, -0.2) is 0 Å². The third kappa shape index (κ3) is 4.34. The zero-order chi connectivity index (χ0) is 14.2. The molecule has 0 N–H and O–H groups in total. The average Bonchev–Trinajstić information content (AvgIpc) is 2.97. The SMILES string of the molecule is N#CCCN(Cc1cccnc1)C(=O)CC1CCCC1. The normalized spacial score (nSPS) is 14.9. The van der Waals surface area contributed by atoms with Crippen LogP contribution in [0.3, 0.4) is 0 Å². The van der Waals surface area contributed by atoms with E-state index in [-0.39, 0.29) is 5.91 Å². The molecule has 0 atom stereocenters. The van der Waals surface area contributed by atoms with E-state index in [1.807, 2.05) is 12.1 Å². The van der Waals surface area contributed by atoms with Gasteiger partial charge in [0, 0.05) is 31.9 Å². The monoisotopic (exact) mass is 271 g/mol. The van der Waals surface area contributed by atoms with Crippen LogP contribution >= 0.6 is 0 Å². The van der Waals surface area contributed by atoms with Crippen LogP contribution in [-0.2, 0) is 11.3 Å². The molecule has 4 nitrogen and oxygen atoms in total. The highest BCUT2D eigenvalue weighted by Gasteiger charge is 2.22. The molecule has 1 heterocycles. The van der Waals surface area contributed by atoms with Gasteiger partial charge in [0.25, 0.3) is 0 Å². The summed E-state index contributed by atoms with van der Waals surface area (Å²) in [4.78, 5) is 18.3. The molecule has 0 aromatic carbocycles. The van der Waals surface area contributed by atoms with Crippen LogP contribution in [0.4, 0.5) is 0 Å². The van der Waals surface area contributed by atoms with Crippen LogP contribution < -0.4 is 0 Å². The van der Waals surface area contributed by atoms with E-state index in [2.05, 4.69) is 11.1 Å². The summed E-state index contributed by atoms with van der Waals surface area (Å²) in [5.41, 5.74) is 1.02. The Labute approximate surface area is 120 Å². The molecule has 20 heavy (non-hydrogen) atoms. The standard InChI is InChI=1S/C16H21N3O/c17-8-4-10-19(13-15-7-3-9-18-12-15)16(20)11-14-5-1-2-6-14/h3,7,9,12,14H,1-2,4-6,10-11,13H2. The van der Waals surface area contributed by atoms with E-state index in [1.54, 1.807) is 17.3 Å². The molecule has 1 aromatic heterocycles. The summed E-state index contributed by atoms with van der Waals surface area (Å²) in [6, 6.07) is 5.96. The number of nitrogens with zero attached hydrogens (tertiary/aromatic N) is 3. The fourth-order valence-corrected chi connectivity index (χ4v) is 2.78. The number of carbonyl (C=O) groups is 1. The molecule has 0 radical (unpaired) electrons. The molecule has 1 aliphatic carbocycles. The topological polar surface area (TPSA) is 57.0 Å². The van der Waals surface area contributed by atoms with E-state index >= 15 is 0 Å². The van der Waals surface area contributed by atoms with Gasteiger partial charge < -0.3 is 4.90 Å². The van der Waals surface area contributed by atoms with Gasteiger partial charge >= 0.3 is 0 Å². The number of aromatic nitrogens is 1. The average molecular weight is 271 g/mol. The lowest BCUT2D eigenvalue weighted by Gasteiger charge is -2.23. The Hall–Kier alpha value is -1.89. The van der Waals surface area contributed by atoms with Crippen molar-refractivity contribution < 1.29 is 4.79 Å². The van der Waals surface area contributed by atoms with Crippen LogP contribution in [0.2, 0.25) is 0 Å². The molecule has 4 heteroatoms. The Morgan fingerprint density at radius 2 is 2.25 bits per heavy atom. The lowest BCUT2D eigenvalue weighted by molar-refractivity contribution is -0.132. The molecule has 0 bridgehead atoms. The molecule has 1 saturated carbocycles. The Balaban J connectivity index is 1.95. The van der Waals surface area contributed by atoms with E-state index in [9.17, 15) is 4.79 Å². The first kappa shape index (κ1) is 14.5. The van der Waals surface area contributed by atoms with E-state index in [0.717, 1.165) is 5.56 Å². The van der Waals surface area contributed by atoms with Crippen molar-refractivity contribution in [2.24, 2.45) is 5.92 Å². The second kappa shape index (κ2) is 7.64. The van der Waals surface area contributed by atoms with Crippen LogP contribution in [0, 0.1) is 17.2 Å². The fourth-order valence-electron chi connectivity index (χ4n) is 2.78. The Morgan fingerprint density at radius 1 is 1.45 bits per heavy atom. The molecule has 2 rings (SSSR count). The number of hydrogen-bond donors (Lipinski definition) is 0. The second-order valence-electron chi connectivity index (χ2n) is 5.44. The smallest absolute Gasteiger partial charge is 0.223 e. The van der Waals surface area contributed by atoms with E-state index in [4.69, 9.17) is 5.26 Å². The van der Waals surface area contributed by atoms with E-state index in [1.165, 1.54) is 25.7 Å². The molecule has 0 unspecified atom stereocenters. The van der Waals surface area contributed by atoms with Crippen molar-refractivity contribution in [1.82, 2.24) is 9.88 Å². The Bertz CT molecular complexity index is 460. The zero-order valence-electron chi connectivity index (χ0n) is 11.8. The first-order valence-corrected chi connectivity index (χ1v) is 7.33. The van der Waals surface area contributed by atoms with Crippen LogP contribution in [0.1, 0.15) is 44.1 Å². The minimum atomic E-state index is 0.177. The van der Waals surface area contributed by atoms with Crippen LogP contribution in [0.5, 0.6) is 0 Å². The highest BCUT2D eigenvalue weighted by Crippen LogP contribution is 2.28. The van der Waals surface area contributed by atoms with Gasteiger partial charge in [0.1, 0.15) is 0 Å².